The Labute approximate surface area is 199 Å². The molecule has 2 aromatic rings. The van der Waals surface area contributed by atoms with Gasteiger partial charge in [-0.05, 0) is 51.7 Å². The zero-order valence-corrected chi connectivity index (χ0v) is 21.5. The number of benzene rings is 2. The van der Waals surface area contributed by atoms with Crippen molar-refractivity contribution in [3.63, 3.8) is 0 Å². The molecule has 33 heavy (non-hydrogen) atoms. The minimum atomic E-state index is -3.59. The van der Waals surface area contributed by atoms with Gasteiger partial charge in [-0.1, -0.05) is 42.3 Å². The predicted molar refractivity (Wildman–Crippen MR) is 132 cm³/mol. The van der Waals surface area contributed by atoms with Gasteiger partial charge in [-0.25, -0.2) is 26.3 Å². The van der Waals surface area contributed by atoms with Crippen LogP contribution in [0.5, 0.6) is 0 Å². The van der Waals surface area contributed by atoms with Crippen LogP contribution < -0.4 is 9.44 Å². The number of rotatable bonds is 14. The van der Waals surface area contributed by atoms with Crippen molar-refractivity contribution in [3.8, 4) is 0 Å². The molecule has 2 aromatic carbocycles. The normalized spacial score (nSPS) is 12.5. The van der Waals surface area contributed by atoms with Gasteiger partial charge in [0.1, 0.15) is 0 Å². The van der Waals surface area contributed by atoms with E-state index in [0.717, 1.165) is 24.2 Å². The number of nitrogens with one attached hydrogen (secondary N) is 2. The van der Waals surface area contributed by atoms with Crippen LogP contribution in [0, 0.1) is 13.8 Å². The van der Waals surface area contributed by atoms with Crippen LogP contribution in [-0.2, 0) is 20.0 Å². The van der Waals surface area contributed by atoms with E-state index < -0.39 is 20.0 Å². The predicted octanol–water partition coefficient (Wildman–Crippen LogP) is 1.81. The SMILES string of the molecule is CCN(C)CCN(CCNS(=O)(=O)c1ccc(C)cc1)CCNS(=O)(=O)c1ccc(C)cc1. The van der Waals surface area contributed by atoms with Gasteiger partial charge < -0.3 is 4.90 Å². The summed E-state index contributed by atoms with van der Waals surface area (Å²) in [5.74, 6) is 0. The minimum Gasteiger partial charge on any atom is -0.305 e. The number of hydrogen-bond donors (Lipinski definition) is 2. The zero-order chi connectivity index (χ0) is 24.5. The minimum absolute atomic E-state index is 0.233. The fourth-order valence-corrected chi connectivity index (χ4v) is 5.13. The van der Waals surface area contributed by atoms with Crippen LogP contribution in [0.4, 0.5) is 0 Å². The largest absolute Gasteiger partial charge is 0.305 e. The van der Waals surface area contributed by atoms with Gasteiger partial charge in [0.05, 0.1) is 9.79 Å². The Hall–Kier alpha value is -1.82. The first-order valence-electron chi connectivity index (χ1n) is 11.1. The summed E-state index contributed by atoms with van der Waals surface area (Å²) in [7, 11) is -5.17. The van der Waals surface area contributed by atoms with Gasteiger partial charge in [-0.3, -0.25) is 4.90 Å². The highest BCUT2D eigenvalue weighted by molar-refractivity contribution is 7.89. The van der Waals surface area contributed by atoms with Crippen molar-refractivity contribution in [2.45, 2.75) is 30.6 Å². The molecule has 2 rings (SSSR count). The van der Waals surface area contributed by atoms with E-state index >= 15 is 0 Å². The summed E-state index contributed by atoms with van der Waals surface area (Å²) in [5.41, 5.74) is 1.99. The first-order chi connectivity index (χ1) is 15.5. The van der Waals surface area contributed by atoms with Gasteiger partial charge in [-0.15, -0.1) is 0 Å². The van der Waals surface area contributed by atoms with E-state index in [2.05, 4.69) is 26.2 Å². The van der Waals surface area contributed by atoms with E-state index in [1.807, 2.05) is 20.9 Å². The molecule has 0 atom stereocenters. The molecule has 0 amide bonds. The summed E-state index contributed by atoms with van der Waals surface area (Å²) in [6, 6.07) is 13.4. The molecule has 0 radical (unpaired) electrons. The van der Waals surface area contributed by atoms with Crippen LogP contribution in [0.3, 0.4) is 0 Å². The Morgan fingerprint density at radius 1 is 0.667 bits per heavy atom. The smallest absolute Gasteiger partial charge is 0.240 e. The lowest BCUT2D eigenvalue weighted by atomic mass is 10.2. The first kappa shape index (κ1) is 27.4. The maximum absolute atomic E-state index is 12.5. The van der Waals surface area contributed by atoms with Gasteiger partial charge in [0.2, 0.25) is 20.0 Å². The van der Waals surface area contributed by atoms with E-state index in [0.29, 0.717) is 19.6 Å². The summed E-state index contributed by atoms with van der Waals surface area (Å²) in [6.45, 7) is 9.67. The first-order valence-corrected chi connectivity index (χ1v) is 14.0. The average molecular weight is 497 g/mol. The fraction of sp³-hybridized carbons (Fsp3) is 0.478. The lowest BCUT2D eigenvalue weighted by molar-refractivity contribution is 0.235. The van der Waals surface area contributed by atoms with Crippen molar-refractivity contribution in [2.75, 3.05) is 52.9 Å². The van der Waals surface area contributed by atoms with E-state index in [4.69, 9.17) is 0 Å². The Bertz CT molecular complexity index is 989. The Morgan fingerprint density at radius 3 is 1.42 bits per heavy atom. The van der Waals surface area contributed by atoms with E-state index in [9.17, 15) is 16.8 Å². The zero-order valence-electron chi connectivity index (χ0n) is 19.9. The summed E-state index contributed by atoms with van der Waals surface area (Å²) in [4.78, 5) is 4.67. The van der Waals surface area contributed by atoms with E-state index in [-0.39, 0.29) is 22.9 Å². The summed E-state index contributed by atoms with van der Waals surface area (Å²) >= 11 is 0. The van der Waals surface area contributed by atoms with Gasteiger partial charge in [0.25, 0.3) is 0 Å². The molecule has 184 valence electrons. The molecule has 0 fully saturated rings. The summed E-state index contributed by atoms with van der Waals surface area (Å²) < 4.78 is 55.4. The van der Waals surface area contributed by atoms with Gasteiger partial charge in [-0.2, -0.15) is 0 Å². The number of hydrogen-bond acceptors (Lipinski definition) is 6. The molecular weight excluding hydrogens is 460 g/mol. The average Bonchev–Trinajstić information content (AvgIpc) is 2.77. The highest BCUT2D eigenvalue weighted by atomic mass is 32.2. The van der Waals surface area contributed by atoms with Crippen molar-refractivity contribution in [3.05, 3.63) is 59.7 Å². The van der Waals surface area contributed by atoms with Crippen LogP contribution in [0.2, 0.25) is 0 Å². The highest BCUT2D eigenvalue weighted by Gasteiger charge is 2.16. The quantitative estimate of drug-likeness (QED) is 0.414. The number of aryl methyl sites for hydroxylation is 2. The summed E-state index contributed by atoms with van der Waals surface area (Å²) in [6.07, 6.45) is 0. The highest BCUT2D eigenvalue weighted by Crippen LogP contribution is 2.10. The molecule has 0 bridgehead atoms. The van der Waals surface area contributed by atoms with Crippen LogP contribution >= 0.6 is 0 Å². The third-order valence-electron chi connectivity index (χ3n) is 5.44. The monoisotopic (exact) mass is 496 g/mol. The molecule has 8 nitrogen and oxygen atoms in total. The van der Waals surface area contributed by atoms with Gasteiger partial charge in [0.15, 0.2) is 0 Å². The van der Waals surface area contributed by atoms with E-state index in [1.54, 1.807) is 48.5 Å². The topological polar surface area (TPSA) is 98.8 Å². The second kappa shape index (κ2) is 12.6. The molecule has 10 heteroatoms. The Morgan fingerprint density at radius 2 is 1.06 bits per heavy atom. The fourth-order valence-electron chi connectivity index (χ4n) is 3.08. The van der Waals surface area contributed by atoms with Crippen molar-refractivity contribution in [1.82, 2.24) is 19.2 Å². The van der Waals surface area contributed by atoms with Crippen LogP contribution in [0.25, 0.3) is 0 Å². The standard InChI is InChI=1S/C23H36N4O4S2/c1-5-26(4)18-19-27(16-14-24-32(28,29)22-10-6-20(2)7-11-22)17-15-25-33(30,31)23-12-8-21(3)9-13-23/h6-13,24-25H,5,14-19H2,1-4H3. The van der Waals surface area contributed by atoms with Crippen molar-refractivity contribution in [2.24, 2.45) is 0 Å². The second-order valence-electron chi connectivity index (χ2n) is 8.16. The van der Waals surface area contributed by atoms with Crippen molar-refractivity contribution in [1.29, 1.82) is 0 Å². The van der Waals surface area contributed by atoms with Crippen LogP contribution in [-0.4, -0.2) is 79.5 Å². The molecular formula is C23H36N4O4S2. The number of sulfonamides is 2. The molecule has 0 aliphatic rings. The van der Waals surface area contributed by atoms with Crippen LogP contribution in [0.15, 0.2) is 58.3 Å². The molecule has 0 saturated heterocycles. The maximum atomic E-state index is 12.5. The lowest BCUT2D eigenvalue weighted by Crippen LogP contribution is -2.42. The molecule has 2 N–H and O–H groups in total. The van der Waals surface area contributed by atoms with Crippen LogP contribution in [0.1, 0.15) is 18.1 Å². The lowest BCUT2D eigenvalue weighted by Gasteiger charge is -2.25. The third-order valence-corrected chi connectivity index (χ3v) is 8.39. The van der Waals surface area contributed by atoms with E-state index in [1.165, 1.54) is 0 Å². The Balaban J connectivity index is 1.93. The van der Waals surface area contributed by atoms with Gasteiger partial charge >= 0.3 is 0 Å². The molecule has 0 aliphatic heterocycles. The molecule has 0 saturated carbocycles. The molecule has 0 aromatic heterocycles. The molecule has 0 spiro atoms. The van der Waals surface area contributed by atoms with Gasteiger partial charge in [0, 0.05) is 39.3 Å². The molecule has 0 unspecified atom stereocenters. The van der Waals surface area contributed by atoms with Crippen molar-refractivity contribution >= 4 is 20.0 Å². The Kier molecular flexibility index (Phi) is 10.5. The van der Waals surface area contributed by atoms with Crippen molar-refractivity contribution < 1.29 is 16.8 Å². The summed E-state index contributed by atoms with van der Waals surface area (Å²) in [5, 5.41) is 0. The molecule has 0 aliphatic carbocycles. The second-order valence-corrected chi connectivity index (χ2v) is 11.7. The number of nitrogens with zero attached hydrogens (tertiary/aromatic N) is 2. The molecule has 0 heterocycles. The maximum Gasteiger partial charge on any atom is 0.240 e. The third kappa shape index (κ3) is 9.15. The number of likely N-dealkylation sites (N-methyl/N-ethyl adjacent to an activating group) is 1.